The third-order valence-corrected chi connectivity index (χ3v) is 7.22. The van der Waals surface area contributed by atoms with Crippen LogP contribution >= 0.6 is 0 Å². The van der Waals surface area contributed by atoms with E-state index in [1.807, 2.05) is 74.5 Å². The largest absolute Gasteiger partial charge is 0.497 e. The number of hydrogen-bond acceptors (Lipinski definition) is 5. The van der Waals surface area contributed by atoms with Gasteiger partial charge < -0.3 is 29.7 Å². The lowest BCUT2D eigenvalue weighted by molar-refractivity contribution is -0.0178. The normalized spacial score (nSPS) is 18.3. The lowest BCUT2D eigenvalue weighted by Crippen LogP contribution is -2.48. The number of nitrogens with zero attached hydrogens (tertiary/aromatic N) is 2. The number of hydrogen-bond donors (Lipinski definition) is 2. The summed E-state index contributed by atoms with van der Waals surface area (Å²) in [5, 5.41) is 12.9. The standard InChI is InChI=1S/C31H37N3O5/c1-21-17-34(22(2)19-35)30(36)28-15-8-7-14-27(28)26-13-6-5-10-23(26)20-39-29(21)18-33(3)31(37)32-24-11-9-12-25(16-24)38-4/h5-16,21-22,29,35H,17-20H2,1-4H3,(H,32,37)/t21-,22+,29-/m0/s1. The van der Waals surface area contributed by atoms with E-state index in [0.29, 0.717) is 36.7 Å². The Kier molecular flexibility index (Phi) is 9.22. The van der Waals surface area contributed by atoms with Crippen molar-refractivity contribution in [2.45, 2.75) is 32.6 Å². The number of fused-ring (bicyclic) bond motifs is 3. The number of nitrogens with one attached hydrogen (secondary N) is 1. The highest BCUT2D eigenvalue weighted by Crippen LogP contribution is 2.31. The van der Waals surface area contributed by atoms with E-state index in [2.05, 4.69) is 5.32 Å². The highest BCUT2D eigenvalue weighted by atomic mass is 16.5. The topological polar surface area (TPSA) is 91.3 Å². The van der Waals surface area contributed by atoms with Crippen molar-refractivity contribution in [1.82, 2.24) is 9.80 Å². The highest BCUT2D eigenvalue weighted by Gasteiger charge is 2.31. The summed E-state index contributed by atoms with van der Waals surface area (Å²) < 4.78 is 11.7. The summed E-state index contributed by atoms with van der Waals surface area (Å²) in [6.45, 7) is 4.69. The quantitative estimate of drug-likeness (QED) is 0.473. The van der Waals surface area contributed by atoms with E-state index in [4.69, 9.17) is 9.47 Å². The Labute approximate surface area is 230 Å². The Balaban J connectivity index is 1.63. The van der Waals surface area contributed by atoms with Crippen molar-refractivity contribution in [3.8, 4) is 16.9 Å². The van der Waals surface area contributed by atoms with Gasteiger partial charge in [0, 0.05) is 43.4 Å². The molecule has 8 heteroatoms. The molecule has 0 fully saturated rings. The monoisotopic (exact) mass is 531 g/mol. The van der Waals surface area contributed by atoms with Gasteiger partial charge in [0.2, 0.25) is 0 Å². The molecule has 2 N–H and O–H groups in total. The van der Waals surface area contributed by atoms with Crippen LogP contribution in [0.3, 0.4) is 0 Å². The smallest absolute Gasteiger partial charge is 0.321 e. The van der Waals surface area contributed by atoms with Crippen molar-refractivity contribution in [3.63, 3.8) is 0 Å². The van der Waals surface area contributed by atoms with E-state index in [9.17, 15) is 14.7 Å². The Morgan fingerprint density at radius 1 is 1.10 bits per heavy atom. The Morgan fingerprint density at radius 2 is 1.79 bits per heavy atom. The fourth-order valence-corrected chi connectivity index (χ4v) is 4.82. The van der Waals surface area contributed by atoms with Crippen LogP contribution in [0.4, 0.5) is 10.5 Å². The summed E-state index contributed by atoms with van der Waals surface area (Å²) in [5.74, 6) is 0.379. The number of aliphatic hydroxyl groups is 1. The molecule has 8 nitrogen and oxygen atoms in total. The molecular weight excluding hydrogens is 494 g/mol. The number of benzene rings is 3. The molecule has 3 aromatic carbocycles. The van der Waals surface area contributed by atoms with Crippen molar-refractivity contribution >= 4 is 17.6 Å². The summed E-state index contributed by atoms with van der Waals surface area (Å²) in [5.41, 5.74) is 3.93. The van der Waals surface area contributed by atoms with Gasteiger partial charge in [-0.15, -0.1) is 0 Å². The number of anilines is 1. The maximum Gasteiger partial charge on any atom is 0.321 e. The number of methoxy groups -OCH3 is 1. The fraction of sp³-hybridized carbons (Fsp3) is 0.355. The molecule has 1 aliphatic rings. The summed E-state index contributed by atoms with van der Waals surface area (Å²) in [6, 6.07) is 22.0. The Morgan fingerprint density at radius 3 is 2.51 bits per heavy atom. The maximum absolute atomic E-state index is 13.9. The number of likely N-dealkylation sites (N-methyl/N-ethyl adjacent to an activating group) is 1. The van der Waals surface area contributed by atoms with Crippen molar-refractivity contribution < 1.29 is 24.2 Å². The summed E-state index contributed by atoms with van der Waals surface area (Å²) in [4.78, 5) is 30.3. The van der Waals surface area contributed by atoms with E-state index >= 15 is 0 Å². The van der Waals surface area contributed by atoms with Crippen molar-refractivity contribution in [1.29, 1.82) is 0 Å². The zero-order valence-corrected chi connectivity index (χ0v) is 23.0. The second-order valence-electron chi connectivity index (χ2n) is 10.1. The molecule has 0 unspecified atom stereocenters. The zero-order valence-electron chi connectivity index (χ0n) is 23.0. The van der Waals surface area contributed by atoms with Gasteiger partial charge in [-0.3, -0.25) is 4.79 Å². The van der Waals surface area contributed by atoms with Gasteiger partial charge in [0.15, 0.2) is 0 Å². The van der Waals surface area contributed by atoms with Crippen LogP contribution < -0.4 is 10.1 Å². The molecule has 206 valence electrons. The lowest BCUT2D eigenvalue weighted by Gasteiger charge is -2.35. The summed E-state index contributed by atoms with van der Waals surface area (Å²) in [7, 11) is 3.30. The minimum absolute atomic E-state index is 0.132. The predicted molar refractivity (Wildman–Crippen MR) is 152 cm³/mol. The fourth-order valence-electron chi connectivity index (χ4n) is 4.82. The van der Waals surface area contributed by atoms with Gasteiger partial charge in [0.25, 0.3) is 5.91 Å². The molecule has 3 aromatic rings. The lowest BCUT2D eigenvalue weighted by atomic mass is 9.94. The van der Waals surface area contributed by atoms with Crippen LogP contribution in [0.5, 0.6) is 5.75 Å². The molecule has 0 saturated heterocycles. The minimum Gasteiger partial charge on any atom is -0.497 e. The first-order valence-electron chi connectivity index (χ1n) is 13.2. The number of ether oxygens (including phenoxy) is 2. The minimum atomic E-state index is -0.390. The van der Waals surface area contributed by atoms with Crippen molar-refractivity contribution in [2.24, 2.45) is 5.92 Å². The molecule has 1 aliphatic heterocycles. The average molecular weight is 532 g/mol. The van der Waals surface area contributed by atoms with Crippen LogP contribution in [0.25, 0.3) is 11.1 Å². The molecule has 0 aromatic heterocycles. The van der Waals surface area contributed by atoms with Crippen LogP contribution in [-0.2, 0) is 11.3 Å². The molecule has 3 amide bonds. The van der Waals surface area contributed by atoms with E-state index in [1.165, 1.54) is 0 Å². The first-order chi connectivity index (χ1) is 18.8. The Bertz CT molecular complexity index is 1300. The molecule has 0 spiro atoms. The van der Waals surface area contributed by atoms with Crippen LogP contribution in [0.1, 0.15) is 29.8 Å². The first-order valence-corrected chi connectivity index (χ1v) is 13.2. The molecule has 39 heavy (non-hydrogen) atoms. The van der Waals surface area contributed by atoms with Crippen molar-refractivity contribution in [3.05, 3.63) is 83.9 Å². The number of amides is 3. The van der Waals surface area contributed by atoms with Gasteiger partial charge in [-0.1, -0.05) is 55.5 Å². The molecular formula is C31H37N3O5. The van der Waals surface area contributed by atoms with Crippen LogP contribution in [0, 0.1) is 5.92 Å². The molecule has 0 aliphatic carbocycles. The molecule has 0 bridgehead atoms. The maximum atomic E-state index is 13.9. The number of urea groups is 1. The third kappa shape index (κ3) is 6.58. The molecule has 3 atom stereocenters. The first kappa shape index (κ1) is 28.1. The summed E-state index contributed by atoms with van der Waals surface area (Å²) >= 11 is 0. The van der Waals surface area contributed by atoms with Crippen LogP contribution in [-0.4, -0.2) is 72.8 Å². The van der Waals surface area contributed by atoms with E-state index in [0.717, 1.165) is 16.7 Å². The third-order valence-electron chi connectivity index (χ3n) is 7.22. The van der Waals surface area contributed by atoms with Gasteiger partial charge in [0.05, 0.1) is 32.5 Å². The number of rotatable bonds is 6. The SMILES string of the molecule is COc1cccc(NC(=O)N(C)C[C@@H]2OCc3ccccc3-c3ccccc3C(=O)N([C@H](C)CO)C[C@@H]2C)c1. The van der Waals surface area contributed by atoms with Gasteiger partial charge in [-0.05, 0) is 41.8 Å². The van der Waals surface area contributed by atoms with Gasteiger partial charge >= 0.3 is 6.03 Å². The highest BCUT2D eigenvalue weighted by molar-refractivity contribution is 6.01. The number of aliphatic hydroxyl groups excluding tert-OH is 1. The average Bonchev–Trinajstić information content (AvgIpc) is 2.98. The van der Waals surface area contributed by atoms with Gasteiger partial charge in [-0.25, -0.2) is 4.79 Å². The van der Waals surface area contributed by atoms with Crippen molar-refractivity contribution in [2.75, 3.05) is 39.2 Å². The molecule has 0 saturated carbocycles. The Hall–Kier alpha value is -3.88. The molecule has 0 radical (unpaired) electrons. The van der Waals surface area contributed by atoms with Crippen LogP contribution in [0.15, 0.2) is 72.8 Å². The van der Waals surface area contributed by atoms with E-state index < -0.39 is 6.04 Å². The van der Waals surface area contributed by atoms with E-state index in [1.54, 1.807) is 36.1 Å². The summed E-state index contributed by atoms with van der Waals surface area (Å²) in [6.07, 6.45) is -0.374. The number of carbonyl (C=O) groups excluding carboxylic acids is 2. The zero-order chi connectivity index (χ0) is 27.9. The van der Waals surface area contributed by atoms with Gasteiger partial charge in [0.1, 0.15) is 5.75 Å². The van der Waals surface area contributed by atoms with Gasteiger partial charge in [-0.2, -0.15) is 0 Å². The van der Waals surface area contributed by atoms with Crippen LogP contribution in [0.2, 0.25) is 0 Å². The molecule has 1 heterocycles. The van der Waals surface area contributed by atoms with E-state index in [-0.39, 0.29) is 30.6 Å². The second-order valence-corrected chi connectivity index (χ2v) is 10.1. The number of carbonyl (C=O) groups is 2. The molecule has 4 rings (SSSR count). The predicted octanol–water partition coefficient (Wildman–Crippen LogP) is 4.88. The second kappa shape index (κ2) is 12.8.